The van der Waals surface area contributed by atoms with Crippen molar-refractivity contribution in [3.63, 3.8) is 0 Å². The van der Waals surface area contributed by atoms with E-state index in [-0.39, 0.29) is 16.7 Å². The molecule has 2 rings (SSSR count). The Labute approximate surface area is 133 Å². The minimum atomic E-state index is -1.11. The minimum absolute atomic E-state index is 0.0277. The highest BCUT2D eigenvalue weighted by molar-refractivity contribution is 6.78. The van der Waals surface area contributed by atoms with Crippen LogP contribution in [-0.4, -0.2) is 30.2 Å². The molecule has 5 heteroatoms. The van der Waals surface area contributed by atoms with Crippen LogP contribution in [0.15, 0.2) is 18.2 Å². The second-order valence-electron chi connectivity index (χ2n) is 6.72. The first-order chi connectivity index (χ1) is 10.2. The molecule has 2 N–H and O–H groups in total. The topological polar surface area (TPSA) is 74.6 Å². The van der Waals surface area contributed by atoms with Gasteiger partial charge in [0.1, 0.15) is 0 Å². The van der Waals surface area contributed by atoms with Crippen LogP contribution in [0.4, 0.5) is 0 Å². The molecule has 0 spiro atoms. The molecular weight excluding hydrogens is 296 g/mol. The summed E-state index contributed by atoms with van der Waals surface area (Å²) in [7, 11) is -0.694. The van der Waals surface area contributed by atoms with Crippen LogP contribution in [0.25, 0.3) is 0 Å². The van der Waals surface area contributed by atoms with Gasteiger partial charge in [-0.25, -0.2) is 9.59 Å². The Hall–Kier alpha value is -1.62. The molecule has 0 aliphatic carbocycles. The third kappa shape index (κ3) is 4.70. The van der Waals surface area contributed by atoms with Gasteiger partial charge in [0.15, 0.2) is 0 Å². The molecule has 1 heterocycles. The number of carboxylic acid groups (broad SMARTS) is 2. The van der Waals surface area contributed by atoms with E-state index < -0.39 is 20.0 Å². The number of carbonyl (C=O) groups is 2. The second kappa shape index (κ2) is 7.58. The van der Waals surface area contributed by atoms with Gasteiger partial charge in [-0.05, 0) is 30.2 Å². The van der Waals surface area contributed by atoms with Gasteiger partial charge in [0.2, 0.25) is 0 Å². The molecule has 1 saturated heterocycles. The first kappa shape index (κ1) is 18.4. The van der Waals surface area contributed by atoms with Crippen LogP contribution in [0, 0.1) is 6.92 Å². The fourth-order valence-corrected chi connectivity index (χ4v) is 5.41. The van der Waals surface area contributed by atoms with Crippen molar-refractivity contribution < 1.29 is 19.8 Å². The maximum absolute atomic E-state index is 10.6. The minimum Gasteiger partial charge on any atom is -0.478 e. The number of benzene rings is 1. The Balaban J connectivity index is 0.000000235. The molecular formula is C17H26O4Si. The van der Waals surface area contributed by atoms with Crippen molar-refractivity contribution in [2.75, 3.05) is 0 Å². The zero-order valence-corrected chi connectivity index (χ0v) is 14.8. The average molecular weight is 322 g/mol. The summed E-state index contributed by atoms with van der Waals surface area (Å²) in [6, 6.07) is 5.75. The van der Waals surface area contributed by atoms with Crippen molar-refractivity contribution >= 4 is 20.0 Å². The third-order valence-corrected chi connectivity index (χ3v) is 9.44. The zero-order chi connectivity index (χ0) is 16.9. The third-order valence-electron chi connectivity index (χ3n) is 4.84. The van der Waals surface area contributed by atoms with Gasteiger partial charge in [-0.2, -0.15) is 0 Å². The highest BCUT2D eigenvalue weighted by Gasteiger charge is 2.30. The smallest absolute Gasteiger partial charge is 0.335 e. The van der Waals surface area contributed by atoms with Gasteiger partial charge in [-0.15, -0.1) is 0 Å². The molecule has 122 valence electrons. The summed E-state index contributed by atoms with van der Waals surface area (Å²) >= 11 is 0. The van der Waals surface area contributed by atoms with E-state index in [2.05, 4.69) is 20.0 Å². The first-order valence-corrected chi connectivity index (χ1v) is 11.0. The van der Waals surface area contributed by atoms with Crippen molar-refractivity contribution in [2.45, 2.75) is 57.8 Å². The van der Waals surface area contributed by atoms with Crippen molar-refractivity contribution in [1.29, 1.82) is 0 Å². The first-order valence-electron chi connectivity index (χ1n) is 7.73. The normalized spacial score (nSPS) is 19.7. The molecule has 0 saturated carbocycles. The summed E-state index contributed by atoms with van der Waals surface area (Å²) in [6.07, 6.45) is 4.53. The summed E-state index contributed by atoms with van der Waals surface area (Å²) in [6.45, 7) is 9.01. The Kier molecular flexibility index (Phi) is 6.35. The monoisotopic (exact) mass is 322 g/mol. The van der Waals surface area contributed by atoms with E-state index in [9.17, 15) is 9.59 Å². The van der Waals surface area contributed by atoms with Gasteiger partial charge in [0.25, 0.3) is 0 Å². The molecule has 1 aromatic rings. The van der Waals surface area contributed by atoms with Crippen molar-refractivity contribution in [3.8, 4) is 0 Å². The van der Waals surface area contributed by atoms with E-state index in [4.69, 9.17) is 10.2 Å². The van der Waals surface area contributed by atoms with Crippen molar-refractivity contribution in [3.05, 3.63) is 34.9 Å². The van der Waals surface area contributed by atoms with Crippen LogP contribution in [0.1, 0.15) is 52.5 Å². The number of rotatable bonds is 2. The predicted molar refractivity (Wildman–Crippen MR) is 90.7 cm³/mol. The van der Waals surface area contributed by atoms with E-state index in [1.807, 2.05) is 0 Å². The van der Waals surface area contributed by atoms with Gasteiger partial charge < -0.3 is 10.2 Å². The maximum atomic E-state index is 10.6. The van der Waals surface area contributed by atoms with Crippen LogP contribution in [-0.2, 0) is 0 Å². The SMILES string of the molecule is CC1CCCC[Si]1(C)C.Cc1c(C(=O)O)cccc1C(=O)O. The van der Waals surface area contributed by atoms with Crippen LogP contribution in [0.2, 0.25) is 24.7 Å². The van der Waals surface area contributed by atoms with E-state index in [1.165, 1.54) is 44.4 Å². The van der Waals surface area contributed by atoms with E-state index in [0.717, 1.165) is 5.54 Å². The molecule has 1 aromatic carbocycles. The Morgan fingerprint density at radius 1 is 1.09 bits per heavy atom. The van der Waals surface area contributed by atoms with Crippen molar-refractivity contribution in [1.82, 2.24) is 0 Å². The van der Waals surface area contributed by atoms with Crippen LogP contribution in [0.3, 0.4) is 0 Å². The van der Waals surface area contributed by atoms with Gasteiger partial charge >= 0.3 is 11.9 Å². The van der Waals surface area contributed by atoms with Gasteiger partial charge in [-0.1, -0.05) is 51.4 Å². The molecule has 0 amide bonds. The fraction of sp³-hybridized carbons (Fsp3) is 0.529. The molecule has 0 bridgehead atoms. The molecule has 1 aliphatic heterocycles. The average Bonchev–Trinajstić information content (AvgIpc) is 2.42. The zero-order valence-electron chi connectivity index (χ0n) is 13.8. The Bertz CT molecular complexity index is 519. The molecule has 1 aliphatic rings. The van der Waals surface area contributed by atoms with Gasteiger partial charge in [-0.3, -0.25) is 0 Å². The summed E-state index contributed by atoms with van der Waals surface area (Å²) < 4.78 is 0. The summed E-state index contributed by atoms with van der Waals surface area (Å²) in [5.41, 5.74) is 1.42. The summed E-state index contributed by atoms with van der Waals surface area (Å²) in [4.78, 5) is 21.2. The van der Waals surface area contributed by atoms with E-state index in [0.29, 0.717) is 0 Å². The quantitative estimate of drug-likeness (QED) is 0.777. The largest absolute Gasteiger partial charge is 0.478 e. The van der Waals surface area contributed by atoms with Crippen LogP contribution >= 0.6 is 0 Å². The summed E-state index contributed by atoms with van der Waals surface area (Å²) in [5.74, 6) is -2.22. The molecule has 0 aromatic heterocycles. The van der Waals surface area contributed by atoms with E-state index >= 15 is 0 Å². The lowest BCUT2D eigenvalue weighted by Gasteiger charge is -2.34. The lowest BCUT2D eigenvalue weighted by Crippen LogP contribution is -2.33. The molecule has 22 heavy (non-hydrogen) atoms. The lowest BCUT2D eigenvalue weighted by molar-refractivity contribution is 0.0696. The summed E-state index contributed by atoms with van der Waals surface area (Å²) in [5, 5.41) is 17.4. The molecule has 1 fully saturated rings. The lowest BCUT2D eigenvalue weighted by atomic mass is 10.0. The maximum Gasteiger partial charge on any atom is 0.335 e. The predicted octanol–water partition coefficient (Wildman–Crippen LogP) is 4.66. The molecule has 0 radical (unpaired) electrons. The second-order valence-corrected chi connectivity index (χ2v) is 12.2. The van der Waals surface area contributed by atoms with Gasteiger partial charge in [0, 0.05) is 0 Å². The Morgan fingerprint density at radius 3 is 1.91 bits per heavy atom. The number of aromatic carboxylic acids is 2. The van der Waals surface area contributed by atoms with E-state index in [1.54, 1.807) is 6.04 Å². The van der Waals surface area contributed by atoms with Crippen molar-refractivity contribution in [2.24, 2.45) is 0 Å². The number of hydrogen-bond acceptors (Lipinski definition) is 2. The molecule has 4 nitrogen and oxygen atoms in total. The fourth-order valence-electron chi connectivity index (χ4n) is 2.77. The highest BCUT2D eigenvalue weighted by Crippen LogP contribution is 2.36. The Morgan fingerprint density at radius 2 is 1.59 bits per heavy atom. The van der Waals surface area contributed by atoms with Crippen LogP contribution < -0.4 is 0 Å². The van der Waals surface area contributed by atoms with Crippen LogP contribution in [0.5, 0.6) is 0 Å². The highest BCUT2D eigenvalue weighted by atomic mass is 28.3. The van der Waals surface area contributed by atoms with Gasteiger partial charge in [0.05, 0.1) is 19.2 Å². The molecule has 1 atom stereocenters. The number of hydrogen-bond donors (Lipinski definition) is 2. The standard InChI is InChI=1S/C9H8O4.C8H18Si/c1-5-6(8(10)11)3-2-4-7(5)9(12)13;1-8-6-4-5-7-9(8,2)3/h2-4H,1H3,(H,10,11)(H,12,13);8H,4-7H2,1-3H3. The number of carboxylic acids is 2. The molecule has 1 unspecified atom stereocenters.